The van der Waals surface area contributed by atoms with Gasteiger partial charge in [0.15, 0.2) is 0 Å². The van der Waals surface area contributed by atoms with Crippen LogP contribution in [-0.4, -0.2) is 29.4 Å². The topological polar surface area (TPSA) is 36.1 Å². The second-order valence-corrected chi connectivity index (χ2v) is 4.74. The maximum atomic E-state index is 12.0. The Bertz CT molecular complexity index is 530. The normalized spacial score (nSPS) is 10.8. The van der Waals surface area contributed by atoms with Crippen LogP contribution in [0.25, 0.3) is 10.9 Å². The molecule has 1 aromatic carbocycles. The zero-order valence-corrected chi connectivity index (χ0v) is 11.1. The molecule has 0 saturated carbocycles. The van der Waals surface area contributed by atoms with E-state index in [1.165, 1.54) is 5.39 Å². The van der Waals surface area contributed by atoms with Crippen molar-refractivity contribution in [1.29, 1.82) is 0 Å². The predicted molar refractivity (Wildman–Crippen MR) is 74.5 cm³/mol. The van der Waals surface area contributed by atoms with Gasteiger partial charge in [-0.2, -0.15) is 0 Å². The summed E-state index contributed by atoms with van der Waals surface area (Å²) in [6, 6.07) is 8.18. The number of hydrogen-bond donors (Lipinski definition) is 1. The Hall–Kier alpha value is -1.77. The van der Waals surface area contributed by atoms with Gasteiger partial charge in [-0.05, 0) is 29.5 Å². The summed E-state index contributed by atoms with van der Waals surface area (Å²) in [5, 5.41) is 1.19. The first kappa shape index (κ1) is 12.7. The molecular weight excluding hydrogens is 224 g/mol. The molecule has 1 N–H and O–H groups in total. The number of rotatable bonds is 5. The highest BCUT2D eigenvalue weighted by Crippen LogP contribution is 2.15. The molecule has 0 saturated heterocycles. The molecule has 0 aliphatic rings. The van der Waals surface area contributed by atoms with Crippen molar-refractivity contribution < 1.29 is 4.79 Å². The van der Waals surface area contributed by atoms with Crippen molar-refractivity contribution in [3.05, 3.63) is 36.0 Å². The highest BCUT2D eigenvalue weighted by molar-refractivity contribution is 5.83. The quantitative estimate of drug-likeness (QED) is 0.862. The van der Waals surface area contributed by atoms with Crippen molar-refractivity contribution in [3.63, 3.8) is 0 Å². The van der Waals surface area contributed by atoms with Crippen molar-refractivity contribution in [3.8, 4) is 0 Å². The Morgan fingerprint density at radius 1 is 1.33 bits per heavy atom. The molecule has 3 nitrogen and oxygen atoms in total. The molecule has 0 fully saturated rings. The zero-order valence-electron chi connectivity index (χ0n) is 11.1. The summed E-state index contributed by atoms with van der Waals surface area (Å²) in [5.74, 6) is 0.189. The van der Waals surface area contributed by atoms with Gasteiger partial charge in [-0.3, -0.25) is 4.79 Å². The minimum Gasteiger partial charge on any atom is -0.361 e. The second kappa shape index (κ2) is 5.71. The van der Waals surface area contributed by atoms with Gasteiger partial charge in [0.1, 0.15) is 0 Å². The number of fused-ring (bicyclic) bond motifs is 1. The van der Waals surface area contributed by atoms with E-state index in [0.29, 0.717) is 6.42 Å². The molecule has 0 aliphatic carbocycles. The third kappa shape index (κ3) is 2.92. The molecule has 2 rings (SSSR count). The molecule has 0 spiro atoms. The smallest absolute Gasteiger partial charge is 0.226 e. The van der Waals surface area contributed by atoms with Crippen LogP contribution in [0.2, 0.25) is 0 Å². The van der Waals surface area contributed by atoms with Gasteiger partial charge in [-0.25, -0.2) is 0 Å². The average Bonchev–Trinajstić information content (AvgIpc) is 2.83. The summed E-state index contributed by atoms with van der Waals surface area (Å²) < 4.78 is 0. The number of carbonyl (C=O) groups excluding carboxylic acids is 1. The number of nitrogens with one attached hydrogen (secondary N) is 1. The van der Waals surface area contributed by atoms with Gasteiger partial charge in [-0.1, -0.05) is 25.5 Å². The number of amides is 1. The number of carbonyl (C=O) groups is 1. The summed E-state index contributed by atoms with van der Waals surface area (Å²) >= 11 is 0. The first-order chi connectivity index (χ1) is 8.70. The number of hydrogen-bond acceptors (Lipinski definition) is 1. The van der Waals surface area contributed by atoms with Gasteiger partial charge in [0.05, 0.1) is 6.42 Å². The van der Waals surface area contributed by atoms with Crippen LogP contribution in [-0.2, 0) is 11.2 Å². The number of H-pyrrole nitrogens is 1. The monoisotopic (exact) mass is 244 g/mol. The Kier molecular flexibility index (Phi) is 4.03. The summed E-state index contributed by atoms with van der Waals surface area (Å²) in [6.45, 7) is 2.98. The molecule has 2 aromatic rings. The molecule has 18 heavy (non-hydrogen) atoms. The van der Waals surface area contributed by atoms with Crippen molar-refractivity contribution in [2.24, 2.45) is 0 Å². The maximum absolute atomic E-state index is 12.0. The maximum Gasteiger partial charge on any atom is 0.226 e. The van der Waals surface area contributed by atoms with Crippen molar-refractivity contribution >= 4 is 16.8 Å². The molecule has 0 radical (unpaired) electrons. The summed E-state index contributed by atoms with van der Waals surface area (Å²) in [5.41, 5.74) is 2.16. The fraction of sp³-hybridized carbons (Fsp3) is 0.400. The van der Waals surface area contributed by atoms with Gasteiger partial charge in [0.25, 0.3) is 0 Å². The van der Waals surface area contributed by atoms with Gasteiger partial charge in [0.2, 0.25) is 5.91 Å². The zero-order chi connectivity index (χ0) is 13.0. The number of likely N-dealkylation sites (N-methyl/N-ethyl adjacent to an activating group) is 1. The van der Waals surface area contributed by atoms with Crippen LogP contribution >= 0.6 is 0 Å². The standard InChI is InChI=1S/C15H20N2O/c1-3-4-9-17(2)15(18)11-12-5-6-13-7-8-16-14(13)10-12/h5-8,10,16H,3-4,9,11H2,1-2H3. The molecule has 0 unspecified atom stereocenters. The van der Waals surface area contributed by atoms with Gasteiger partial charge in [0, 0.05) is 25.3 Å². The Morgan fingerprint density at radius 3 is 2.94 bits per heavy atom. The van der Waals surface area contributed by atoms with E-state index in [1.54, 1.807) is 0 Å². The van der Waals surface area contributed by atoms with Gasteiger partial charge < -0.3 is 9.88 Å². The number of nitrogens with zero attached hydrogens (tertiary/aromatic N) is 1. The summed E-state index contributed by atoms with van der Waals surface area (Å²) in [4.78, 5) is 17.0. The highest BCUT2D eigenvalue weighted by Gasteiger charge is 2.09. The lowest BCUT2D eigenvalue weighted by Crippen LogP contribution is -2.29. The largest absolute Gasteiger partial charge is 0.361 e. The number of aromatic nitrogens is 1. The molecule has 0 atom stereocenters. The fourth-order valence-electron chi connectivity index (χ4n) is 2.03. The lowest BCUT2D eigenvalue weighted by molar-refractivity contribution is -0.129. The predicted octanol–water partition coefficient (Wildman–Crippen LogP) is 2.97. The van der Waals surface area contributed by atoms with Crippen LogP contribution in [0.4, 0.5) is 0 Å². The third-order valence-electron chi connectivity index (χ3n) is 3.25. The first-order valence-electron chi connectivity index (χ1n) is 6.50. The molecule has 1 amide bonds. The van der Waals surface area contributed by atoms with Gasteiger partial charge >= 0.3 is 0 Å². The Balaban J connectivity index is 2.01. The van der Waals surface area contributed by atoms with E-state index in [2.05, 4.69) is 24.0 Å². The lowest BCUT2D eigenvalue weighted by atomic mass is 10.1. The van der Waals surface area contributed by atoms with E-state index in [9.17, 15) is 4.79 Å². The van der Waals surface area contributed by atoms with Crippen LogP contribution in [0, 0.1) is 0 Å². The molecule has 0 aliphatic heterocycles. The SMILES string of the molecule is CCCCN(C)C(=O)Cc1ccc2cc[nH]c2c1. The van der Waals surface area contributed by atoms with E-state index < -0.39 is 0 Å². The summed E-state index contributed by atoms with van der Waals surface area (Å²) in [6.07, 6.45) is 4.59. The Morgan fingerprint density at radius 2 is 2.17 bits per heavy atom. The van der Waals surface area contributed by atoms with E-state index in [4.69, 9.17) is 0 Å². The van der Waals surface area contributed by atoms with Crippen LogP contribution < -0.4 is 0 Å². The van der Waals surface area contributed by atoms with E-state index >= 15 is 0 Å². The average molecular weight is 244 g/mol. The minimum absolute atomic E-state index is 0.189. The fourth-order valence-corrected chi connectivity index (χ4v) is 2.03. The first-order valence-corrected chi connectivity index (χ1v) is 6.50. The van der Waals surface area contributed by atoms with Crippen molar-refractivity contribution in [2.75, 3.05) is 13.6 Å². The molecular formula is C15H20N2O. The van der Waals surface area contributed by atoms with Crippen LogP contribution in [0.15, 0.2) is 30.5 Å². The van der Waals surface area contributed by atoms with Gasteiger partial charge in [-0.15, -0.1) is 0 Å². The summed E-state index contributed by atoms with van der Waals surface area (Å²) in [7, 11) is 1.88. The molecule has 1 heterocycles. The highest BCUT2D eigenvalue weighted by atomic mass is 16.2. The van der Waals surface area contributed by atoms with Crippen molar-refractivity contribution in [2.45, 2.75) is 26.2 Å². The van der Waals surface area contributed by atoms with Crippen LogP contribution in [0.1, 0.15) is 25.3 Å². The van der Waals surface area contributed by atoms with E-state index in [0.717, 1.165) is 30.5 Å². The van der Waals surface area contributed by atoms with E-state index in [1.807, 2.05) is 30.3 Å². The minimum atomic E-state index is 0.189. The van der Waals surface area contributed by atoms with Crippen molar-refractivity contribution in [1.82, 2.24) is 9.88 Å². The molecule has 96 valence electrons. The van der Waals surface area contributed by atoms with E-state index in [-0.39, 0.29) is 5.91 Å². The second-order valence-electron chi connectivity index (χ2n) is 4.74. The molecule has 3 heteroatoms. The number of aromatic amines is 1. The van der Waals surface area contributed by atoms with Crippen LogP contribution in [0.3, 0.4) is 0 Å². The number of benzene rings is 1. The molecule has 0 bridgehead atoms. The Labute approximate surface area is 108 Å². The lowest BCUT2D eigenvalue weighted by Gasteiger charge is -2.16. The number of unbranched alkanes of at least 4 members (excludes halogenated alkanes) is 1. The van der Waals surface area contributed by atoms with Crippen LogP contribution in [0.5, 0.6) is 0 Å². The third-order valence-corrected chi connectivity index (χ3v) is 3.25. The molecule has 1 aromatic heterocycles.